The van der Waals surface area contributed by atoms with Crippen LogP contribution in [0.5, 0.6) is 0 Å². The van der Waals surface area contributed by atoms with E-state index in [2.05, 4.69) is 176 Å². The van der Waals surface area contributed by atoms with Crippen molar-refractivity contribution in [1.82, 2.24) is 0 Å². The van der Waals surface area contributed by atoms with Crippen LogP contribution in [0.2, 0.25) is 0 Å². The molecular formula is C51H33NO2S. The number of furan rings is 2. The highest BCUT2D eigenvalue weighted by Gasteiger charge is 2.35. The molecule has 3 aromatic heterocycles. The third kappa shape index (κ3) is 4.49. The molecule has 8 aromatic carbocycles. The van der Waals surface area contributed by atoms with Crippen molar-refractivity contribution in [3.8, 4) is 22.3 Å². The molecule has 1 aliphatic rings. The van der Waals surface area contributed by atoms with Crippen LogP contribution in [0, 0.1) is 0 Å². The third-order valence-corrected chi connectivity index (χ3v) is 13.0. The second-order valence-electron chi connectivity index (χ2n) is 15.3. The first kappa shape index (κ1) is 30.8. The molecule has 1 aliphatic carbocycles. The Morgan fingerprint density at radius 1 is 0.400 bits per heavy atom. The Morgan fingerprint density at radius 3 is 1.80 bits per heavy atom. The molecule has 260 valence electrons. The fourth-order valence-corrected chi connectivity index (χ4v) is 10.3. The molecule has 0 unspecified atom stereocenters. The van der Waals surface area contributed by atoms with Gasteiger partial charge in [0, 0.05) is 70.3 Å². The summed E-state index contributed by atoms with van der Waals surface area (Å²) in [5, 5.41) is 6.85. The maximum absolute atomic E-state index is 6.73. The first-order valence-corrected chi connectivity index (χ1v) is 19.6. The SMILES string of the molecule is CC1(C)c2ccccc2-c2ccc(N(c3ccc4c(c3)oc3cc5c(cc34)oc3cc(-c4ccccc4)ccc35)c3ccc4c(c3)sc3ccccc34)cc21. The maximum Gasteiger partial charge on any atom is 0.137 e. The van der Waals surface area contributed by atoms with Gasteiger partial charge >= 0.3 is 0 Å². The number of fused-ring (bicyclic) bond motifs is 12. The van der Waals surface area contributed by atoms with E-state index in [1.54, 1.807) is 0 Å². The first-order valence-electron chi connectivity index (χ1n) is 18.8. The first-order chi connectivity index (χ1) is 27.0. The Bertz CT molecular complexity index is 3360. The van der Waals surface area contributed by atoms with Gasteiger partial charge in [-0.15, -0.1) is 11.3 Å². The molecule has 11 aromatic rings. The number of hydrogen-bond acceptors (Lipinski definition) is 4. The highest BCUT2D eigenvalue weighted by atomic mass is 32.1. The Kier molecular flexibility index (Phi) is 6.27. The van der Waals surface area contributed by atoms with E-state index in [4.69, 9.17) is 8.83 Å². The van der Waals surface area contributed by atoms with Gasteiger partial charge in [0.2, 0.25) is 0 Å². The Labute approximate surface area is 321 Å². The molecule has 0 fully saturated rings. The number of nitrogens with zero attached hydrogens (tertiary/aromatic N) is 1. The van der Waals surface area contributed by atoms with Crippen LogP contribution in [-0.4, -0.2) is 0 Å². The van der Waals surface area contributed by atoms with E-state index in [-0.39, 0.29) is 5.41 Å². The zero-order valence-electron chi connectivity index (χ0n) is 30.3. The van der Waals surface area contributed by atoms with Crippen LogP contribution < -0.4 is 4.90 Å². The molecule has 0 atom stereocenters. The van der Waals surface area contributed by atoms with Gasteiger partial charge in [-0.05, 0) is 100 Å². The topological polar surface area (TPSA) is 29.5 Å². The average Bonchev–Trinajstić information content (AvgIpc) is 3.94. The summed E-state index contributed by atoms with van der Waals surface area (Å²) in [6.07, 6.45) is 0. The summed E-state index contributed by atoms with van der Waals surface area (Å²) >= 11 is 1.85. The molecular weight excluding hydrogens is 691 g/mol. The van der Waals surface area contributed by atoms with E-state index in [1.807, 2.05) is 17.4 Å². The van der Waals surface area contributed by atoms with E-state index >= 15 is 0 Å². The normalized spacial score (nSPS) is 13.4. The fourth-order valence-electron chi connectivity index (χ4n) is 9.12. The molecule has 0 bridgehead atoms. The number of thiophene rings is 1. The smallest absolute Gasteiger partial charge is 0.137 e. The van der Waals surface area contributed by atoms with Crippen molar-refractivity contribution in [2.24, 2.45) is 0 Å². The van der Waals surface area contributed by atoms with Gasteiger partial charge in [0.15, 0.2) is 0 Å². The van der Waals surface area contributed by atoms with Crippen LogP contribution in [0.1, 0.15) is 25.0 Å². The summed E-state index contributed by atoms with van der Waals surface area (Å²) in [7, 11) is 0. The van der Waals surface area contributed by atoms with Gasteiger partial charge in [0.25, 0.3) is 0 Å². The van der Waals surface area contributed by atoms with Gasteiger partial charge in [-0.1, -0.05) is 105 Å². The third-order valence-electron chi connectivity index (χ3n) is 11.9. The van der Waals surface area contributed by atoms with E-state index in [0.717, 1.165) is 66.5 Å². The summed E-state index contributed by atoms with van der Waals surface area (Å²) in [6.45, 7) is 4.69. The van der Waals surface area contributed by atoms with Crippen molar-refractivity contribution in [3.05, 3.63) is 175 Å². The van der Waals surface area contributed by atoms with Crippen LogP contribution >= 0.6 is 11.3 Å². The van der Waals surface area contributed by atoms with Gasteiger partial charge in [0.1, 0.15) is 22.3 Å². The van der Waals surface area contributed by atoms with E-state index in [9.17, 15) is 0 Å². The predicted molar refractivity (Wildman–Crippen MR) is 232 cm³/mol. The molecule has 4 heteroatoms. The lowest BCUT2D eigenvalue weighted by Gasteiger charge is -2.28. The molecule has 0 amide bonds. The Balaban J connectivity index is 1.02. The molecule has 0 aliphatic heterocycles. The molecule has 0 spiro atoms. The quantitative estimate of drug-likeness (QED) is 0.181. The Morgan fingerprint density at radius 2 is 0.982 bits per heavy atom. The molecule has 3 nitrogen and oxygen atoms in total. The molecule has 3 heterocycles. The number of benzene rings is 8. The second kappa shape index (κ2) is 11.2. The molecule has 0 saturated carbocycles. The molecule has 55 heavy (non-hydrogen) atoms. The second-order valence-corrected chi connectivity index (χ2v) is 16.4. The van der Waals surface area contributed by atoms with Crippen molar-refractivity contribution in [2.45, 2.75) is 19.3 Å². The minimum absolute atomic E-state index is 0.115. The lowest BCUT2D eigenvalue weighted by atomic mass is 9.82. The maximum atomic E-state index is 6.73. The summed E-state index contributed by atoms with van der Waals surface area (Å²) in [6, 6.07) is 59.2. The van der Waals surface area contributed by atoms with Crippen LogP contribution in [-0.2, 0) is 5.41 Å². The van der Waals surface area contributed by atoms with Crippen molar-refractivity contribution >= 4 is 92.4 Å². The highest BCUT2D eigenvalue weighted by molar-refractivity contribution is 7.25. The van der Waals surface area contributed by atoms with E-state index in [0.29, 0.717) is 0 Å². The van der Waals surface area contributed by atoms with E-state index in [1.165, 1.54) is 48.0 Å². The van der Waals surface area contributed by atoms with Gasteiger partial charge in [-0.25, -0.2) is 0 Å². The molecule has 12 rings (SSSR count). The monoisotopic (exact) mass is 723 g/mol. The fraction of sp³-hybridized carbons (Fsp3) is 0.0588. The summed E-state index contributed by atoms with van der Waals surface area (Å²) in [5.74, 6) is 0. The zero-order chi connectivity index (χ0) is 36.4. The standard InChI is InChI=1S/C51H33NO2S/c1-51(2)43-14-8-6-12-35(43)36-21-17-32(25-44(36)51)52(34-19-23-40-39-13-7-9-15-49(39)55-50(40)27-34)33-18-22-38-42-29-47-41(28-48(42)54-46(38)26-33)37-20-16-31(24-45(37)53-47)30-10-4-3-5-11-30/h3-29H,1-2H3. The molecule has 0 N–H and O–H groups in total. The van der Waals surface area contributed by atoms with Crippen molar-refractivity contribution < 1.29 is 8.83 Å². The van der Waals surface area contributed by atoms with Crippen LogP contribution in [0.4, 0.5) is 17.1 Å². The number of rotatable bonds is 4. The van der Waals surface area contributed by atoms with Gasteiger partial charge in [-0.3, -0.25) is 0 Å². The summed E-state index contributed by atoms with van der Waals surface area (Å²) in [4.78, 5) is 2.39. The Hall–Kier alpha value is -6.62. The van der Waals surface area contributed by atoms with Gasteiger partial charge in [-0.2, -0.15) is 0 Å². The minimum Gasteiger partial charge on any atom is -0.456 e. The molecule has 0 radical (unpaired) electrons. The lowest BCUT2D eigenvalue weighted by Crippen LogP contribution is -2.16. The van der Waals surface area contributed by atoms with Crippen LogP contribution in [0.3, 0.4) is 0 Å². The van der Waals surface area contributed by atoms with Crippen molar-refractivity contribution in [1.29, 1.82) is 0 Å². The summed E-state index contributed by atoms with van der Waals surface area (Å²) in [5.41, 5.74) is 14.3. The van der Waals surface area contributed by atoms with Crippen LogP contribution in [0.15, 0.2) is 173 Å². The highest BCUT2D eigenvalue weighted by Crippen LogP contribution is 2.51. The summed E-state index contributed by atoms with van der Waals surface area (Å²) < 4.78 is 15.8. The van der Waals surface area contributed by atoms with Gasteiger partial charge < -0.3 is 13.7 Å². The minimum atomic E-state index is -0.115. The van der Waals surface area contributed by atoms with E-state index < -0.39 is 0 Å². The number of anilines is 3. The van der Waals surface area contributed by atoms with Gasteiger partial charge in [0.05, 0.1) is 0 Å². The average molecular weight is 724 g/mol. The predicted octanol–water partition coefficient (Wildman–Crippen LogP) is 15.3. The van der Waals surface area contributed by atoms with Crippen molar-refractivity contribution in [3.63, 3.8) is 0 Å². The zero-order valence-corrected chi connectivity index (χ0v) is 31.1. The largest absolute Gasteiger partial charge is 0.456 e. The molecule has 0 saturated heterocycles. The van der Waals surface area contributed by atoms with Crippen molar-refractivity contribution in [2.75, 3.05) is 4.90 Å². The lowest BCUT2D eigenvalue weighted by molar-refractivity contribution is 0.660. The number of hydrogen-bond donors (Lipinski definition) is 0. The van der Waals surface area contributed by atoms with Crippen LogP contribution in [0.25, 0.3) is 86.3 Å².